The van der Waals surface area contributed by atoms with Gasteiger partial charge >= 0.3 is 0 Å². The highest BCUT2D eigenvalue weighted by molar-refractivity contribution is 5.90. The molecule has 6 rings (SSSR count). The number of Topliss-reactive ketones (excluding diaryl/α,β-unsaturated/α-hetero) is 1. The van der Waals surface area contributed by atoms with E-state index < -0.39 is 11.3 Å². The summed E-state index contributed by atoms with van der Waals surface area (Å²) < 4.78 is 2.01. The average molecular weight is 500 g/mol. The van der Waals surface area contributed by atoms with E-state index in [1.54, 1.807) is 0 Å². The van der Waals surface area contributed by atoms with Crippen LogP contribution in [0.25, 0.3) is 11.3 Å². The summed E-state index contributed by atoms with van der Waals surface area (Å²) in [6, 6.07) is 33.7. The number of aryl methyl sites for hydroxylation is 1. The van der Waals surface area contributed by atoms with Crippen molar-refractivity contribution < 1.29 is 4.79 Å². The highest BCUT2D eigenvalue weighted by atomic mass is 16.1. The van der Waals surface area contributed by atoms with Crippen molar-refractivity contribution in [3.05, 3.63) is 113 Å². The lowest BCUT2D eigenvalue weighted by molar-refractivity contribution is -0.134. The summed E-state index contributed by atoms with van der Waals surface area (Å²) in [6.45, 7) is 0. The van der Waals surface area contributed by atoms with Crippen molar-refractivity contribution in [3.8, 4) is 17.3 Å². The lowest BCUT2D eigenvalue weighted by Crippen LogP contribution is -2.44. The second kappa shape index (κ2) is 10.1. The number of carbonyl (C=O) groups excluding carboxylic acids is 1. The van der Waals surface area contributed by atoms with E-state index in [9.17, 15) is 10.1 Å². The predicted octanol–water partition coefficient (Wildman–Crippen LogP) is 6.71. The number of nitriles is 1. The lowest BCUT2D eigenvalue weighted by Gasteiger charge is -2.40. The van der Waals surface area contributed by atoms with E-state index in [4.69, 9.17) is 5.10 Å². The van der Waals surface area contributed by atoms with Crippen molar-refractivity contribution in [2.45, 2.75) is 44.4 Å². The van der Waals surface area contributed by atoms with Gasteiger partial charge in [0.1, 0.15) is 5.92 Å². The Kier molecular flexibility index (Phi) is 6.45. The first-order chi connectivity index (χ1) is 18.6. The molecule has 0 N–H and O–H groups in total. The molecule has 0 saturated heterocycles. The third-order valence-electron chi connectivity index (χ3n) is 8.91. The smallest absolute Gasteiger partial charge is 0.157 e. The second-order valence-corrected chi connectivity index (χ2v) is 11.1. The van der Waals surface area contributed by atoms with Crippen molar-refractivity contribution in [2.24, 2.45) is 24.3 Å². The fourth-order valence-corrected chi connectivity index (χ4v) is 7.22. The van der Waals surface area contributed by atoms with Gasteiger partial charge in [-0.1, -0.05) is 91.0 Å². The van der Waals surface area contributed by atoms with Crippen LogP contribution in [0.15, 0.2) is 91.0 Å². The summed E-state index contributed by atoms with van der Waals surface area (Å²) in [5.74, 6) is -0.237. The van der Waals surface area contributed by atoms with E-state index in [2.05, 4.69) is 78.9 Å². The van der Waals surface area contributed by atoms with Gasteiger partial charge in [0, 0.05) is 29.5 Å². The SMILES string of the molecule is Cn1nc2c(c1-c1ccccc1)CC[C@@H]1C[C@H]2CC(C#N)C(=O)C1(Cc1ccccc1)Cc1ccccc1. The number of fused-ring (bicyclic) bond motifs is 4. The van der Waals surface area contributed by atoms with Gasteiger partial charge in [0.15, 0.2) is 5.78 Å². The van der Waals surface area contributed by atoms with Gasteiger partial charge in [-0.15, -0.1) is 0 Å². The van der Waals surface area contributed by atoms with Crippen LogP contribution in [0.1, 0.15) is 47.6 Å². The maximum absolute atomic E-state index is 14.5. The van der Waals surface area contributed by atoms with Crippen molar-refractivity contribution >= 4 is 5.78 Å². The largest absolute Gasteiger partial charge is 0.298 e. The number of carbonyl (C=O) groups is 1. The Hall–Kier alpha value is -3.97. The number of rotatable bonds is 5. The fraction of sp³-hybridized carbons (Fsp3) is 0.324. The molecule has 0 amide bonds. The number of aromatic nitrogens is 2. The monoisotopic (exact) mass is 499 g/mol. The molecule has 0 radical (unpaired) electrons. The molecule has 4 heteroatoms. The zero-order valence-electron chi connectivity index (χ0n) is 21.9. The highest BCUT2D eigenvalue weighted by Gasteiger charge is 2.52. The minimum atomic E-state index is -0.634. The van der Waals surface area contributed by atoms with E-state index in [-0.39, 0.29) is 17.6 Å². The summed E-state index contributed by atoms with van der Waals surface area (Å²) in [6.07, 6.45) is 4.57. The third-order valence-corrected chi connectivity index (χ3v) is 8.91. The van der Waals surface area contributed by atoms with Gasteiger partial charge < -0.3 is 0 Å². The van der Waals surface area contributed by atoms with Crippen molar-refractivity contribution in [1.82, 2.24) is 9.78 Å². The molecule has 1 fully saturated rings. The maximum atomic E-state index is 14.5. The Bertz CT molecular complexity index is 1430. The summed E-state index contributed by atoms with van der Waals surface area (Å²) in [4.78, 5) is 14.5. The van der Waals surface area contributed by atoms with Crippen LogP contribution in [-0.4, -0.2) is 15.6 Å². The van der Waals surface area contributed by atoms with E-state index >= 15 is 0 Å². The summed E-state index contributed by atoms with van der Waals surface area (Å²) >= 11 is 0. The average Bonchev–Trinajstić information content (AvgIpc) is 3.12. The molecule has 1 saturated carbocycles. The van der Waals surface area contributed by atoms with Gasteiger partial charge in [0.2, 0.25) is 0 Å². The third kappa shape index (κ3) is 4.27. The van der Waals surface area contributed by atoms with Gasteiger partial charge in [-0.25, -0.2) is 0 Å². The molecule has 3 aromatic carbocycles. The number of benzene rings is 3. The van der Waals surface area contributed by atoms with Crippen LogP contribution in [-0.2, 0) is 31.1 Å². The Morgan fingerprint density at radius 1 is 0.895 bits per heavy atom. The molecule has 1 heterocycles. The normalized spacial score (nSPS) is 22.1. The van der Waals surface area contributed by atoms with Crippen molar-refractivity contribution in [2.75, 3.05) is 0 Å². The highest BCUT2D eigenvalue weighted by Crippen LogP contribution is 2.53. The molecule has 3 atom stereocenters. The Labute approximate surface area is 224 Å². The first kappa shape index (κ1) is 24.4. The summed E-state index contributed by atoms with van der Waals surface area (Å²) in [5.41, 5.74) is 6.43. The molecular formula is C34H33N3O. The summed E-state index contributed by atoms with van der Waals surface area (Å²) in [7, 11) is 2.02. The first-order valence-corrected chi connectivity index (χ1v) is 13.7. The predicted molar refractivity (Wildman–Crippen MR) is 149 cm³/mol. The van der Waals surface area contributed by atoms with Gasteiger partial charge in [0.25, 0.3) is 0 Å². The zero-order chi connectivity index (χ0) is 26.1. The molecule has 190 valence electrons. The van der Waals surface area contributed by atoms with Crippen LogP contribution in [0.3, 0.4) is 0 Å². The molecule has 4 aromatic rings. The van der Waals surface area contributed by atoms with E-state index in [1.165, 1.54) is 16.8 Å². The number of ketones is 1. The van der Waals surface area contributed by atoms with Gasteiger partial charge in [-0.3, -0.25) is 9.48 Å². The molecule has 2 aliphatic carbocycles. The maximum Gasteiger partial charge on any atom is 0.157 e. The fourth-order valence-electron chi connectivity index (χ4n) is 7.22. The van der Waals surface area contributed by atoms with Crippen LogP contribution in [0.4, 0.5) is 0 Å². The van der Waals surface area contributed by atoms with E-state index in [0.717, 1.165) is 36.1 Å². The van der Waals surface area contributed by atoms with Crippen LogP contribution in [0, 0.1) is 28.6 Å². The molecule has 2 aliphatic rings. The summed E-state index contributed by atoms with van der Waals surface area (Å²) in [5, 5.41) is 15.4. The minimum absolute atomic E-state index is 0.100. The molecular weight excluding hydrogens is 466 g/mol. The minimum Gasteiger partial charge on any atom is -0.298 e. The second-order valence-electron chi connectivity index (χ2n) is 11.1. The van der Waals surface area contributed by atoms with Crippen LogP contribution in [0.5, 0.6) is 0 Å². The Morgan fingerprint density at radius 3 is 2.05 bits per heavy atom. The standard InChI is InChI=1S/C34H33N3O/c1-37-32(26-15-9-4-10-16-26)30-18-17-29-20-27(31(30)36-37)19-28(23-35)33(38)34(29,21-24-11-5-2-6-12-24)22-25-13-7-3-8-14-25/h2-16,27-29H,17-22H2,1H3/t27-,28?,29-/m1/s1. The van der Waals surface area contributed by atoms with Crippen LogP contribution in [0.2, 0.25) is 0 Å². The van der Waals surface area contributed by atoms with Gasteiger partial charge in [-0.05, 0) is 55.6 Å². The van der Waals surface area contributed by atoms with Crippen LogP contribution < -0.4 is 0 Å². The number of hydrogen-bond donors (Lipinski definition) is 0. The Morgan fingerprint density at radius 2 is 1.47 bits per heavy atom. The molecule has 1 aromatic heterocycles. The molecule has 4 nitrogen and oxygen atoms in total. The molecule has 38 heavy (non-hydrogen) atoms. The Balaban J connectivity index is 1.49. The van der Waals surface area contributed by atoms with E-state index in [1.807, 2.05) is 29.9 Å². The quantitative estimate of drug-likeness (QED) is 0.307. The molecule has 2 bridgehead atoms. The molecule has 0 aliphatic heterocycles. The van der Waals surface area contributed by atoms with Crippen molar-refractivity contribution in [3.63, 3.8) is 0 Å². The zero-order valence-corrected chi connectivity index (χ0v) is 21.9. The van der Waals surface area contributed by atoms with E-state index in [0.29, 0.717) is 19.3 Å². The van der Waals surface area contributed by atoms with Gasteiger partial charge in [0.05, 0.1) is 17.5 Å². The van der Waals surface area contributed by atoms with Crippen molar-refractivity contribution in [1.29, 1.82) is 5.26 Å². The molecule has 1 unspecified atom stereocenters. The topological polar surface area (TPSA) is 58.7 Å². The lowest BCUT2D eigenvalue weighted by atomic mass is 9.61. The number of hydrogen-bond acceptors (Lipinski definition) is 3. The number of nitrogens with zero attached hydrogens (tertiary/aromatic N) is 3. The first-order valence-electron chi connectivity index (χ1n) is 13.7. The molecule has 0 spiro atoms. The van der Waals surface area contributed by atoms with Gasteiger partial charge in [-0.2, -0.15) is 10.4 Å². The van der Waals surface area contributed by atoms with Crippen LogP contribution >= 0.6 is 0 Å².